The van der Waals surface area contributed by atoms with Gasteiger partial charge in [0.25, 0.3) is 0 Å². The van der Waals surface area contributed by atoms with Gasteiger partial charge in [0.15, 0.2) is 0 Å². The van der Waals surface area contributed by atoms with Crippen molar-refractivity contribution in [1.29, 1.82) is 0 Å². The second-order valence-electron chi connectivity index (χ2n) is 1.52. The number of rotatable bonds is 1. The quantitative estimate of drug-likeness (QED) is 0.410. The van der Waals surface area contributed by atoms with Crippen LogP contribution in [0.3, 0.4) is 0 Å². The molecule has 8 heavy (non-hydrogen) atoms. The van der Waals surface area contributed by atoms with Crippen LogP contribution >= 0.6 is 11.8 Å². The molecule has 0 amide bonds. The van der Waals surface area contributed by atoms with Gasteiger partial charge in [-0.25, -0.2) is 0 Å². The van der Waals surface area contributed by atoms with Crippen molar-refractivity contribution in [1.82, 2.24) is 0 Å². The highest BCUT2D eigenvalue weighted by molar-refractivity contribution is 7.98. The normalized spacial score (nSPS) is 9.12. The van der Waals surface area contributed by atoms with Gasteiger partial charge in [-0.15, -0.1) is 11.8 Å². The Labute approximate surface area is 53.9 Å². The average Bonchev–Trinajstić information content (AvgIpc) is 1.90. The first-order valence-corrected chi connectivity index (χ1v) is 3.75. The van der Waals surface area contributed by atoms with E-state index in [1.54, 1.807) is 11.8 Å². The standard InChI is InChI=1S/C7H8S/c1-8-7-5-3-2-4-6-7/h2-6H,1H3/i1+1. The highest BCUT2D eigenvalue weighted by atomic mass is 32.2. The summed E-state index contributed by atoms with van der Waals surface area (Å²) in [4.78, 5) is 1.33. The molecule has 0 spiro atoms. The predicted molar refractivity (Wildman–Crippen MR) is 38.2 cm³/mol. The first kappa shape index (κ1) is 5.70. The topological polar surface area (TPSA) is 0 Å². The zero-order chi connectivity index (χ0) is 5.82. The second kappa shape index (κ2) is 2.78. The van der Waals surface area contributed by atoms with Gasteiger partial charge < -0.3 is 0 Å². The average molecular weight is 125 g/mol. The van der Waals surface area contributed by atoms with E-state index in [1.165, 1.54) is 4.90 Å². The van der Waals surface area contributed by atoms with Gasteiger partial charge in [0.1, 0.15) is 0 Å². The molecular weight excluding hydrogens is 117 g/mol. The van der Waals surface area contributed by atoms with E-state index in [4.69, 9.17) is 0 Å². The van der Waals surface area contributed by atoms with Crippen LogP contribution in [0.1, 0.15) is 0 Å². The molecule has 1 rings (SSSR count). The molecule has 42 valence electrons. The third kappa shape index (κ3) is 1.27. The van der Waals surface area contributed by atoms with Crippen molar-refractivity contribution < 1.29 is 0 Å². The molecule has 0 aromatic heterocycles. The van der Waals surface area contributed by atoms with Crippen LogP contribution in [0.25, 0.3) is 0 Å². The maximum Gasteiger partial charge on any atom is 0.00691 e. The lowest BCUT2D eigenvalue weighted by molar-refractivity contribution is 1.47. The van der Waals surface area contributed by atoms with Gasteiger partial charge in [-0.2, -0.15) is 0 Å². The Morgan fingerprint density at radius 3 is 2.12 bits per heavy atom. The Morgan fingerprint density at radius 1 is 1.12 bits per heavy atom. The summed E-state index contributed by atoms with van der Waals surface area (Å²) in [7, 11) is 0. The van der Waals surface area contributed by atoms with Gasteiger partial charge in [0.05, 0.1) is 0 Å². The summed E-state index contributed by atoms with van der Waals surface area (Å²) in [5.41, 5.74) is 0. The molecular formula is C7H8S. The minimum absolute atomic E-state index is 1.33. The van der Waals surface area contributed by atoms with Crippen LogP contribution in [-0.4, -0.2) is 6.26 Å². The van der Waals surface area contributed by atoms with Gasteiger partial charge in [-0.1, -0.05) is 18.2 Å². The maximum atomic E-state index is 2.10. The van der Waals surface area contributed by atoms with E-state index in [2.05, 4.69) is 18.4 Å². The van der Waals surface area contributed by atoms with Crippen molar-refractivity contribution in [2.24, 2.45) is 0 Å². The van der Waals surface area contributed by atoms with Crippen LogP contribution < -0.4 is 0 Å². The molecule has 1 aromatic carbocycles. The van der Waals surface area contributed by atoms with Crippen molar-refractivity contribution in [3.05, 3.63) is 30.3 Å². The molecule has 0 aliphatic rings. The highest BCUT2D eigenvalue weighted by Crippen LogP contribution is 2.11. The first-order valence-electron chi connectivity index (χ1n) is 2.52. The monoisotopic (exact) mass is 125 g/mol. The van der Waals surface area contributed by atoms with Crippen molar-refractivity contribution in [2.45, 2.75) is 4.90 Å². The summed E-state index contributed by atoms with van der Waals surface area (Å²) < 4.78 is 0. The summed E-state index contributed by atoms with van der Waals surface area (Å²) in [5.74, 6) is 0. The zero-order valence-electron chi connectivity index (χ0n) is 4.79. The van der Waals surface area contributed by atoms with Gasteiger partial charge in [0.2, 0.25) is 0 Å². The summed E-state index contributed by atoms with van der Waals surface area (Å²) in [5, 5.41) is 0. The molecule has 0 aliphatic heterocycles. The minimum atomic E-state index is 1.33. The summed E-state index contributed by atoms with van der Waals surface area (Å²) >= 11 is 1.77. The molecule has 0 fully saturated rings. The van der Waals surface area contributed by atoms with E-state index in [0.717, 1.165) is 0 Å². The van der Waals surface area contributed by atoms with E-state index in [9.17, 15) is 0 Å². The van der Waals surface area contributed by atoms with E-state index in [-0.39, 0.29) is 0 Å². The first-order chi connectivity index (χ1) is 3.93. The number of hydrogen-bond acceptors (Lipinski definition) is 1. The van der Waals surface area contributed by atoms with Gasteiger partial charge in [0, 0.05) is 4.90 Å². The third-order valence-electron chi connectivity index (χ3n) is 0.979. The number of hydrogen-bond donors (Lipinski definition) is 0. The van der Waals surface area contributed by atoms with Gasteiger partial charge in [-0.3, -0.25) is 0 Å². The van der Waals surface area contributed by atoms with Gasteiger partial charge >= 0.3 is 0 Å². The molecule has 0 saturated carbocycles. The van der Waals surface area contributed by atoms with Crippen molar-refractivity contribution >= 4 is 11.8 Å². The molecule has 0 heterocycles. The van der Waals surface area contributed by atoms with E-state index in [1.807, 2.05) is 18.2 Å². The molecule has 0 unspecified atom stereocenters. The summed E-state index contributed by atoms with van der Waals surface area (Å²) in [6, 6.07) is 10.3. The van der Waals surface area contributed by atoms with Gasteiger partial charge in [-0.05, 0) is 18.4 Å². The third-order valence-corrected chi connectivity index (χ3v) is 1.72. The van der Waals surface area contributed by atoms with Crippen molar-refractivity contribution in [3.63, 3.8) is 0 Å². The second-order valence-corrected chi connectivity index (χ2v) is 2.40. The van der Waals surface area contributed by atoms with Crippen molar-refractivity contribution in [3.8, 4) is 0 Å². The Kier molecular flexibility index (Phi) is 1.98. The Balaban J connectivity index is 2.83. The maximum absolute atomic E-state index is 2.10. The lowest BCUT2D eigenvalue weighted by atomic mass is 10.4. The molecule has 0 bridgehead atoms. The molecule has 0 aliphatic carbocycles. The van der Waals surface area contributed by atoms with Crippen LogP contribution in [0.4, 0.5) is 0 Å². The van der Waals surface area contributed by atoms with E-state index >= 15 is 0 Å². The predicted octanol–water partition coefficient (Wildman–Crippen LogP) is 2.41. The smallest absolute Gasteiger partial charge is 0.00691 e. The molecule has 0 nitrogen and oxygen atoms in total. The largest absolute Gasteiger partial charge is 0.130 e. The highest BCUT2D eigenvalue weighted by Gasteiger charge is 1.80. The number of benzene rings is 1. The minimum Gasteiger partial charge on any atom is -0.130 e. The fraction of sp³-hybridized carbons (Fsp3) is 0.143. The Bertz CT molecular complexity index is 146. The summed E-state index contributed by atoms with van der Waals surface area (Å²) in [6.07, 6.45) is 2.08. The zero-order valence-corrected chi connectivity index (χ0v) is 5.61. The van der Waals surface area contributed by atoms with E-state index in [0.29, 0.717) is 0 Å². The van der Waals surface area contributed by atoms with Crippen LogP contribution in [0.5, 0.6) is 0 Å². The Hall–Kier alpha value is -0.430. The molecule has 0 atom stereocenters. The molecule has 1 aromatic rings. The van der Waals surface area contributed by atoms with Crippen molar-refractivity contribution in [2.75, 3.05) is 6.26 Å². The fourth-order valence-electron chi connectivity index (χ4n) is 0.557. The van der Waals surface area contributed by atoms with Crippen LogP contribution in [0.15, 0.2) is 35.2 Å². The number of thioether (sulfide) groups is 1. The van der Waals surface area contributed by atoms with Crippen LogP contribution in [-0.2, 0) is 0 Å². The molecule has 0 N–H and O–H groups in total. The SMILES string of the molecule is [13CH3]Sc1ccccc1. The molecule has 1 heteroatoms. The summed E-state index contributed by atoms with van der Waals surface area (Å²) in [6.45, 7) is 0. The van der Waals surface area contributed by atoms with E-state index < -0.39 is 0 Å². The fourth-order valence-corrected chi connectivity index (χ4v) is 0.986. The lowest BCUT2D eigenvalue weighted by Gasteiger charge is -1.89. The lowest BCUT2D eigenvalue weighted by Crippen LogP contribution is -1.62. The Morgan fingerprint density at radius 2 is 1.75 bits per heavy atom. The van der Waals surface area contributed by atoms with Crippen LogP contribution in [0, 0.1) is 0 Å². The molecule has 0 saturated heterocycles. The molecule has 0 radical (unpaired) electrons. The van der Waals surface area contributed by atoms with Crippen LogP contribution in [0.2, 0.25) is 0 Å².